The number of benzene rings is 2. The van der Waals surface area contributed by atoms with Crippen LogP contribution in [0.5, 0.6) is 0 Å². The third kappa shape index (κ3) is 3.58. The molecule has 3 N–H and O–H groups in total. The van der Waals surface area contributed by atoms with Gasteiger partial charge in [0, 0.05) is 33.2 Å². The quantitative estimate of drug-likeness (QED) is 0.346. The fraction of sp³-hybridized carbons (Fsp3) is 0. The Morgan fingerprint density at radius 1 is 1.15 bits per heavy atom. The van der Waals surface area contributed by atoms with Gasteiger partial charge in [0.15, 0.2) is 0 Å². The summed E-state index contributed by atoms with van der Waals surface area (Å²) in [5, 5.41) is 12.9. The number of halogens is 2. The fourth-order valence-electron chi connectivity index (χ4n) is 2.69. The Kier molecular flexibility index (Phi) is 4.66. The van der Waals surface area contributed by atoms with Gasteiger partial charge in [-0.05, 0) is 30.3 Å². The van der Waals surface area contributed by atoms with E-state index in [0.717, 1.165) is 16.5 Å². The average Bonchev–Trinajstić information content (AvgIpc) is 3.31. The minimum atomic E-state index is -0.414. The molecule has 8 heteroatoms. The maximum absolute atomic E-state index is 12.3. The number of H-pyrrole nitrogens is 2. The van der Waals surface area contributed by atoms with Gasteiger partial charge in [-0.3, -0.25) is 9.89 Å². The van der Waals surface area contributed by atoms with Crippen molar-refractivity contribution in [3.8, 4) is 11.3 Å². The van der Waals surface area contributed by atoms with Crippen LogP contribution in [0.25, 0.3) is 22.2 Å². The minimum absolute atomic E-state index is 0.261. The summed E-state index contributed by atoms with van der Waals surface area (Å²) in [6.45, 7) is 0. The van der Waals surface area contributed by atoms with Gasteiger partial charge in [-0.25, -0.2) is 5.43 Å². The van der Waals surface area contributed by atoms with E-state index in [9.17, 15) is 4.79 Å². The highest BCUT2D eigenvalue weighted by atomic mass is 35.5. The van der Waals surface area contributed by atoms with Gasteiger partial charge in [-0.1, -0.05) is 41.4 Å². The smallest absolute Gasteiger partial charge is 0.289 e. The van der Waals surface area contributed by atoms with Crippen LogP contribution in [0.3, 0.4) is 0 Å². The van der Waals surface area contributed by atoms with E-state index in [1.54, 1.807) is 30.5 Å². The summed E-state index contributed by atoms with van der Waals surface area (Å²) < 4.78 is 0. The van der Waals surface area contributed by atoms with Crippen LogP contribution in [0.15, 0.2) is 59.8 Å². The van der Waals surface area contributed by atoms with Gasteiger partial charge in [-0.2, -0.15) is 10.2 Å². The molecule has 4 aromatic rings. The van der Waals surface area contributed by atoms with Gasteiger partial charge in [0.05, 0.1) is 16.9 Å². The van der Waals surface area contributed by atoms with E-state index in [1.165, 1.54) is 0 Å². The number of hydrogen-bond acceptors (Lipinski definition) is 3. The molecule has 0 unspecified atom stereocenters. The summed E-state index contributed by atoms with van der Waals surface area (Å²) in [6.07, 6.45) is 3.41. The Morgan fingerprint density at radius 2 is 2.00 bits per heavy atom. The molecule has 0 aliphatic heterocycles. The van der Waals surface area contributed by atoms with E-state index in [0.29, 0.717) is 21.3 Å². The number of carbonyl (C=O) groups excluding carboxylic acids is 1. The van der Waals surface area contributed by atoms with Crippen molar-refractivity contribution in [1.82, 2.24) is 20.6 Å². The van der Waals surface area contributed by atoms with E-state index < -0.39 is 5.91 Å². The molecule has 0 bridgehead atoms. The predicted molar refractivity (Wildman–Crippen MR) is 107 cm³/mol. The number of nitrogens with one attached hydrogen (secondary N) is 3. The maximum Gasteiger partial charge on any atom is 0.289 e. The third-order valence-corrected chi connectivity index (χ3v) is 4.58. The number of aromatic amines is 2. The van der Waals surface area contributed by atoms with Gasteiger partial charge >= 0.3 is 0 Å². The average molecular weight is 398 g/mol. The Morgan fingerprint density at radius 3 is 2.89 bits per heavy atom. The third-order valence-electron chi connectivity index (χ3n) is 4.02. The lowest BCUT2D eigenvalue weighted by Gasteiger charge is -2.00. The number of nitrogens with zero attached hydrogens (tertiary/aromatic N) is 2. The van der Waals surface area contributed by atoms with E-state index in [4.69, 9.17) is 23.2 Å². The first-order chi connectivity index (χ1) is 13.1. The zero-order valence-electron chi connectivity index (χ0n) is 13.8. The molecule has 0 saturated carbocycles. The summed E-state index contributed by atoms with van der Waals surface area (Å²) >= 11 is 12.2. The highest BCUT2D eigenvalue weighted by molar-refractivity contribution is 6.35. The topological polar surface area (TPSA) is 85.9 Å². The number of aromatic nitrogens is 3. The Balaban J connectivity index is 1.49. The molecule has 0 spiro atoms. The molecule has 2 heterocycles. The van der Waals surface area contributed by atoms with Crippen LogP contribution >= 0.6 is 23.2 Å². The Labute approximate surface area is 164 Å². The second-order valence-electron chi connectivity index (χ2n) is 5.78. The second kappa shape index (κ2) is 7.26. The van der Waals surface area contributed by atoms with Gasteiger partial charge in [0.2, 0.25) is 0 Å². The fourth-order valence-corrected chi connectivity index (χ4v) is 3.08. The Hall–Kier alpha value is -3.09. The van der Waals surface area contributed by atoms with E-state index in [1.807, 2.05) is 30.5 Å². The summed E-state index contributed by atoms with van der Waals surface area (Å²) in [7, 11) is 0. The van der Waals surface area contributed by atoms with Crippen molar-refractivity contribution in [2.45, 2.75) is 0 Å². The van der Waals surface area contributed by atoms with Gasteiger partial charge in [0.1, 0.15) is 5.69 Å². The lowest BCUT2D eigenvalue weighted by molar-refractivity contribution is 0.0950. The van der Waals surface area contributed by atoms with Crippen LogP contribution in [0.1, 0.15) is 16.1 Å². The molecular weight excluding hydrogens is 385 g/mol. The molecule has 2 aromatic carbocycles. The number of rotatable bonds is 4. The number of hydrazone groups is 1. The maximum atomic E-state index is 12.3. The van der Waals surface area contributed by atoms with Crippen molar-refractivity contribution < 1.29 is 4.79 Å². The molecule has 134 valence electrons. The van der Waals surface area contributed by atoms with E-state index in [-0.39, 0.29) is 5.69 Å². The van der Waals surface area contributed by atoms with Crippen molar-refractivity contribution in [3.05, 3.63) is 76.0 Å². The highest BCUT2D eigenvalue weighted by Gasteiger charge is 2.13. The van der Waals surface area contributed by atoms with Crippen LogP contribution in [0.4, 0.5) is 0 Å². The first kappa shape index (κ1) is 17.3. The summed E-state index contributed by atoms with van der Waals surface area (Å²) in [5.41, 5.74) is 5.78. The monoisotopic (exact) mass is 397 g/mol. The molecule has 0 radical (unpaired) electrons. The minimum Gasteiger partial charge on any atom is -0.361 e. The zero-order valence-corrected chi connectivity index (χ0v) is 15.3. The number of carbonyl (C=O) groups is 1. The molecule has 27 heavy (non-hydrogen) atoms. The molecule has 6 nitrogen and oxygen atoms in total. The lowest BCUT2D eigenvalue weighted by Crippen LogP contribution is -2.17. The molecule has 1 amide bonds. The summed E-state index contributed by atoms with van der Waals surface area (Å²) in [4.78, 5) is 15.4. The molecular formula is C19H13Cl2N5O. The Bertz CT molecular complexity index is 1160. The summed E-state index contributed by atoms with van der Waals surface area (Å²) in [5.74, 6) is -0.414. The number of fused-ring (bicyclic) bond motifs is 1. The standard InChI is InChI=1S/C19H13Cl2N5O/c20-12-5-6-15(21)14(7-12)17-8-18(25-24-17)19(27)26-23-10-11-9-22-16-4-2-1-3-13(11)16/h1-10,22H,(H,24,25)(H,26,27). The van der Waals surface area contributed by atoms with Crippen LogP contribution in [0.2, 0.25) is 10.0 Å². The first-order valence-corrected chi connectivity index (χ1v) is 8.78. The van der Waals surface area contributed by atoms with Crippen molar-refractivity contribution in [2.24, 2.45) is 5.10 Å². The number of hydrogen-bond donors (Lipinski definition) is 3. The van der Waals surface area contributed by atoms with Crippen LogP contribution in [0, 0.1) is 0 Å². The van der Waals surface area contributed by atoms with Crippen LogP contribution in [-0.2, 0) is 0 Å². The molecule has 0 saturated heterocycles. The number of amides is 1. The van der Waals surface area contributed by atoms with Crippen molar-refractivity contribution in [3.63, 3.8) is 0 Å². The largest absolute Gasteiger partial charge is 0.361 e. The van der Waals surface area contributed by atoms with Crippen LogP contribution in [-0.4, -0.2) is 27.3 Å². The first-order valence-electron chi connectivity index (χ1n) is 8.02. The van der Waals surface area contributed by atoms with Crippen molar-refractivity contribution in [2.75, 3.05) is 0 Å². The van der Waals surface area contributed by atoms with Crippen molar-refractivity contribution >= 4 is 46.2 Å². The molecule has 2 aromatic heterocycles. The van der Waals surface area contributed by atoms with E-state index in [2.05, 4.69) is 25.7 Å². The predicted octanol–water partition coefficient (Wildman–Crippen LogP) is 4.63. The van der Waals surface area contributed by atoms with Gasteiger partial charge < -0.3 is 4.98 Å². The van der Waals surface area contributed by atoms with Crippen molar-refractivity contribution in [1.29, 1.82) is 0 Å². The SMILES string of the molecule is O=C(NN=Cc1c[nH]c2ccccc12)c1cc(-c2cc(Cl)ccc2Cl)n[nH]1. The van der Waals surface area contributed by atoms with Crippen LogP contribution < -0.4 is 5.43 Å². The molecule has 0 fully saturated rings. The normalized spacial score (nSPS) is 11.3. The molecule has 4 rings (SSSR count). The highest BCUT2D eigenvalue weighted by Crippen LogP contribution is 2.29. The lowest BCUT2D eigenvalue weighted by atomic mass is 10.1. The second-order valence-corrected chi connectivity index (χ2v) is 6.62. The van der Waals surface area contributed by atoms with Gasteiger partial charge in [0.25, 0.3) is 5.91 Å². The summed E-state index contributed by atoms with van der Waals surface area (Å²) in [6, 6.07) is 14.5. The molecule has 0 aliphatic rings. The van der Waals surface area contributed by atoms with Gasteiger partial charge in [-0.15, -0.1) is 0 Å². The van der Waals surface area contributed by atoms with E-state index >= 15 is 0 Å². The zero-order chi connectivity index (χ0) is 18.8. The molecule has 0 aliphatic carbocycles. The number of para-hydroxylation sites is 1. The molecule has 0 atom stereocenters.